The summed E-state index contributed by atoms with van der Waals surface area (Å²) >= 11 is 2.59. The molecule has 14 heteroatoms. The van der Waals surface area contributed by atoms with Crippen LogP contribution in [-0.4, -0.2) is 53.0 Å². The molecule has 0 atom stereocenters. The van der Waals surface area contributed by atoms with E-state index in [1.807, 2.05) is 85.3 Å². The Morgan fingerprint density at radius 1 is 0.820 bits per heavy atom. The molecule has 4 aromatic carbocycles. The standard InChI is InChI=1S/C36H36N9O2PS2/c1-26-32(46)44(35(49-3)39-37-26)41-34(42-45-33(47)27(2)38-40-36(45)50-4)43(25-28-17-9-5-10-18-28)48(29-19-11-6-12-20-29,30-21-13-7-14-22-30)31-23-15-8-16-24-31/h5-24H,25H2,1-4H3,(H2-,37,38,41,42,46,47)/p+1. The lowest BCUT2D eigenvalue weighted by Crippen LogP contribution is -2.52. The largest absolute Gasteiger partial charge is 0.491 e. The maximum absolute atomic E-state index is 13.8. The fourth-order valence-corrected chi connectivity index (χ4v) is 10.7. The van der Waals surface area contributed by atoms with Gasteiger partial charge in [0, 0.05) is 21.0 Å². The van der Waals surface area contributed by atoms with E-state index in [1.165, 1.54) is 33.2 Å². The number of amidine groups is 1. The molecule has 6 rings (SSSR count). The fourth-order valence-electron chi connectivity index (χ4n) is 5.59. The third-order valence-electron chi connectivity index (χ3n) is 7.97. The number of nitrogens with one attached hydrogen (secondary N) is 2. The number of hydrazone groups is 1. The minimum Gasteiger partial charge on any atom is -0.491 e. The zero-order valence-corrected chi connectivity index (χ0v) is 30.5. The van der Waals surface area contributed by atoms with Gasteiger partial charge >= 0.3 is 11.5 Å². The average Bonchev–Trinajstić information content (AvgIpc) is 3.16. The third-order valence-corrected chi connectivity index (χ3v) is 13.4. The number of rotatable bonds is 8. The third kappa shape index (κ3) is 6.84. The van der Waals surface area contributed by atoms with Gasteiger partial charge in [-0.05, 0) is 31.9 Å². The van der Waals surface area contributed by atoms with Crippen molar-refractivity contribution >= 4 is 57.6 Å². The summed E-state index contributed by atoms with van der Waals surface area (Å²) in [4.78, 5) is 13.8. The van der Waals surface area contributed by atoms with Gasteiger partial charge in [-0.15, -0.1) is 25.0 Å². The van der Waals surface area contributed by atoms with Crippen molar-refractivity contribution in [2.75, 3.05) is 12.5 Å². The van der Waals surface area contributed by atoms with Gasteiger partial charge in [0.2, 0.25) is 16.2 Å². The van der Waals surface area contributed by atoms with Crippen molar-refractivity contribution in [3.63, 3.8) is 0 Å². The number of nitrogens with zero attached hydrogens (tertiary/aromatic N) is 7. The van der Waals surface area contributed by atoms with Gasteiger partial charge in [0.1, 0.15) is 5.69 Å². The second kappa shape index (κ2) is 15.6. The van der Waals surface area contributed by atoms with E-state index in [4.69, 9.17) is 5.10 Å². The number of hydrogen-bond donors (Lipinski definition) is 3. The summed E-state index contributed by atoms with van der Waals surface area (Å²) in [6, 6.07) is 41.2. The van der Waals surface area contributed by atoms with Crippen LogP contribution in [0.15, 0.2) is 153 Å². The topological polar surface area (TPSA) is 123 Å². The summed E-state index contributed by atoms with van der Waals surface area (Å²) in [5.41, 5.74) is 7.55. The van der Waals surface area contributed by atoms with E-state index in [2.05, 4.69) is 79.0 Å². The summed E-state index contributed by atoms with van der Waals surface area (Å²) < 4.78 is 3.51. The molecule has 50 heavy (non-hydrogen) atoms. The number of aryl methyl sites for hydroxylation is 1. The summed E-state index contributed by atoms with van der Waals surface area (Å²) in [5.74, 6) is 0.174. The molecule has 0 spiro atoms. The highest BCUT2D eigenvalue weighted by atomic mass is 32.2. The Morgan fingerprint density at radius 2 is 1.34 bits per heavy atom. The molecule has 0 radical (unpaired) electrons. The molecule has 1 aliphatic heterocycles. The highest BCUT2D eigenvalue weighted by Crippen LogP contribution is 2.46. The Bertz CT molecular complexity index is 2070. The second-order valence-corrected chi connectivity index (χ2v) is 16.0. The van der Waals surface area contributed by atoms with Crippen molar-refractivity contribution in [3.8, 4) is 0 Å². The van der Waals surface area contributed by atoms with Gasteiger partial charge in [-0.3, -0.25) is 10.2 Å². The summed E-state index contributed by atoms with van der Waals surface area (Å²) in [6.45, 7) is 3.70. The maximum Gasteiger partial charge on any atom is 0.434 e. The Hall–Kier alpha value is -5.10. The molecule has 254 valence electrons. The van der Waals surface area contributed by atoms with Gasteiger partial charge in [-0.2, -0.15) is 5.43 Å². The molecule has 0 aliphatic carbocycles. The van der Waals surface area contributed by atoms with E-state index >= 15 is 0 Å². The van der Waals surface area contributed by atoms with E-state index in [-0.39, 0.29) is 17.5 Å². The van der Waals surface area contributed by atoms with Crippen molar-refractivity contribution in [2.45, 2.75) is 25.5 Å². The van der Waals surface area contributed by atoms with Crippen LogP contribution < -0.4 is 32.3 Å². The monoisotopic (exact) mass is 722 g/mol. The first kappa shape index (κ1) is 34.8. The number of guanidine groups is 1. The first-order valence-electron chi connectivity index (χ1n) is 15.7. The molecular formula is C36H37N9O2PS2+. The molecule has 0 amide bonds. The second-order valence-electron chi connectivity index (χ2n) is 11.1. The van der Waals surface area contributed by atoms with Crippen molar-refractivity contribution in [1.82, 2.24) is 30.7 Å². The van der Waals surface area contributed by atoms with E-state index in [0.29, 0.717) is 22.6 Å². The number of hydrazine groups is 1. The summed E-state index contributed by atoms with van der Waals surface area (Å²) in [7, 11) is -2.91. The maximum atomic E-state index is 13.8. The molecule has 0 saturated heterocycles. The number of thioether (sulfide) groups is 2. The van der Waals surface area contributed by atoms with Crippen LogP contribution >= 0.6 is 30.6 Å². The molecule has 0 bridgehead atoms. The van der Waals surface area contributed by atoms with Gasteiger partial charge < -0.3 is 5.11 Å². The molecule has 1 aromatic heterocycles. The molecule has 0 unspecified atom stereocenters. The van der Waals surface area contributed by atoms with Gasteiger partial charge in [0.15, 0.2) is 0 Å². The fraction of sp³-hybridized carbons (Fsp3) is 0.139. The van der Waals surface area contributed by atoms with Crippen LogP contribution in [0.4, 0.5) is 0 Å². The zero-order valence-electron chi connectivity index (χ0n) is 28.0. The first-order valence-corrected chi connectivity index (χ1v) is 19.9. The Kier molecular flexibility index (Phi) is 10.9. The van der Waals surface area contributed by atoms with Gasteiger partial charge in [-0.1, -0.05) is 145 Å². The Morgan fingerprint density at radius 3 is 1.84 bits per heavy atom. The van der Waals surface area contributed by atoms with Crippen molar-refractivity contribution < 1.29 is 9.43 Å². The summed E-state index contributed by atoms with van der Waals surface area (Å²) in [5, 5.41) is 34.9. The highest BCUT2D eigenvalue weighted by Gasteiger charge is 2.39. The number of allylic oxidation sites excluding steroid dienone is 1. The van der Waals surface area contributed by atoms with Crippen molar-refractivity contribution in [2.24, 2.45) is 10.2 Å². The predicted molar refractivity (Wildman–Crippen MR) is 206 cm³/mol. The van der Waals surface area contributed by atoms with Crippen LogP contribution in [0.1, 0.15) is 18.2 Å². The van der Waals surface area contributed by atoms with Crippen LogP contribution in [0.25, 0.3) is 0 Å². The van der Waals surface area contributed by atoms with Crippen LogP contribution in [0.5, 0.6) is 0 Å². The molecule has 3 N–H and O–H groups in total. The molecule has 11 nitrogen and oxygen atoms in total. The van der Waals surface area contributed by atoms with Crippen LogP contribution in [0, 0.1) is 6.92 Å². The van der Waals surface area contributed by atoms with Crippen LogP contribution in [-0.2, 0) is 6.54 Å². The van der Waals surface area contributed by atoms with Crippen molar-refractivity contribution in [1.29, 1.82) is 0 Å². The van der Waals surface area contributed by atoms with E-state index in [0.717, 1.165) is 21.5 Å². The van der Waals surface area contributed by atoms with Gasteiger partial charge in [-0.25, -0.2) is 4.33 Å². The molecular weight excluding hydrogens is 686 g/mol. The predicted octanol–water partition coefficient (Wildman–Crippen LogP) is 4.97. The lowest BCUT2D eigenvalue weighted by Gasteiger charge is -2.32. The van der Waals surface area contributed by atoms with Crippen LogP contribution in [0.3, 0.4) is 0 Å². The number of aliphatic hydroxyl groups is 1. The lowest BCUT2D eigenvalue weighted by atomic mass is 10.2. The minimum absolute atomic E-state index is 0.0961. The molecule has 5 aromatic rings. The Labute approximate surface area is 299 Å². The smallest absolute Gasteiger partial charge is 0.434 e. The molecule has 0 saturated carbocycles. The van der Waals surface area contributed by atoms with E-state index in [1.54, 1.807) is 13.8 Å². The van der Waals surface area contributed by atoms with Gasteiger partial charge in [0.05, 0.1) is 19.3 Å². The lowest BCUT2D eigenvalue weighted by molar-refractivity contribution is -0.410. The number of benzene rings is 4. The van der Waals surface area contributed by atoms with E-state index in [9.17, 15) is 9.90 Å². The van der Waals surface area contributed by atoms with E-state index < -0.39 is 12.6 Å². The number of aromatic nitrogens is 3. The quantitative estimate of drug-likeness (QED) is 0.0883. The molecule has 2 heterocycles. The SMILES string of the molecule is CSC1=NNC(C)=C(O)N1N/C(=N\n1c(SC)nnc(C)c1=O)[N+](Cc1ccccc1)=P(c1ccccc1)(c1ccccc1)c1ccccc1. The number of aliphatic hydroxyl groups excluding tert-OH is 1. The first-order chi connectivity index (χ1) is 24.4. The Balaban J connectivity index is 1.85. The zero-order chi connectivity index (χ0) is 35.1. The minimum atomic E-state index is -2.91. The highest BCUT2D eigenvalue weighted by molar-refractivity contribution is 8.13. The molecule has 1 aliphatic rings. The molecule has 0 fully saturated rings. The number of hydrogen-bond acceptors (Lipinski definition) is 10. The van der Waals surface area contributed by atoms with Crippen LogP contribution in [0.2, 0.25) is 0 Å². The summed E-state index contributed by atoms with van der Waals surface area (Å²) in [6.07, 6.45) is 3.69. The van der Waals surface area contributed by atoms with Crippen molar-refractivity contribution in [3.05, 3.63) is 155 Å². The average molecular weight is 723 g/mol. The normalized spacial score (nSPS) is 13.5. The van der Waals surface area contributed by atoms with Gasteiger partial charge in [0.25, 0.3) is 0 Å².